The van der Waals surface area contributed by atoms with Gasteiger partial charge in [0.25, 0.3) is 5.56 Å². The lowest BCUT2D eigenvalue weighted by Crippen LogP contribution is -2.32. The Morgan fingerprint density at radius 2 is 2.18 bits per heavy atom. The van der Waals surface area contributed by atoms with Crippen molar-refractivity contribution in [2.75, 3.05) is 6.54 Å². The lowest BCUT2D eigenvalue weighted by atomic mass is 10.2. The molecule has 1 heterocycles. The zero-order valence-corrected chi connectivity index (χ0v) is 10.0. The van der Waals surface area contributed by atoms with E-state index in [4.69, 9.17) is 0 Å². The normalized spacial score (nSPS) is 10.5. The van der Waals surface area contributed by atoms with Crippen LogP contribution in [0, 0.1) is 5.92 Å². The summed E-state index contributed by atoms with van der Waals surface area (Å²) in [4.78, 5) is 35.6. The molecule has 1 aromatic heterocycles. The van der Waals surface area contributed by atoms with Gasteiger partial charge >= 0.3 is 5.69 Å². The predicted molar refractivity (Wildman–Crippen MR) is 63.8 cm³/mol. The third-order valence-electron chi connectivity index (χ3n) is 2.18. The number of aromatic nitrogens is 2. The maximum Gasteiger partial charge on any atom is 0.328 e. The van der Waals surface area contributed by atoms with Crippen molar-refractivity contribution >= 4 is 5.91 Å². The minimum absolute atomic E-state index is 0.100. The van der Waals surface area contributed by atoms with E-state index in [0.717, 1.165) is 0 Å². The van der Waals surface area contributed by atoms with Crippen molar-refractivity contribution in [1.82, 2.24) is 14.9 Å². The van der Waals surface area contributed by atoms with Crippen LogP contribution in [0.25, 0.3) is 0 Å². The Labute approximate surface area is 98.7 Å². The Balaban J connectivity index is 2.48. The van der Waals surface area contributed by atoms with E-state index in [0.29, 0.717) is 12.5 Å². The van der Waals surface area contributed by atoms with Crippen LogP contribution in [0.15, 0.2) is 21.9 Å². The molecular weight excluding hydrogens is 222 g/mol. The lowest BCUT2D eigenvalue weighted by molar-refractivity contribution is -0.121. The van der Waals surface area contributed by atoms with E-state index in [-0.39, 0.29) is 18.9 Å². The van der Waals surface area contributed by atoms with Crippen LogP contribution in [0.3, 0.4) is 0 Å². The molecule has 0 saturated heterocycles. The highest BCUT2D eigenvalue weighted by atomic mass is 16.2. The maximum atomic E-state index is 11.4. The molecule has 0 unspecified atom stereocenters. The molecule has 0 fully saturated rings. The summed E-state index contributed by atoms with van der Waals surface area (Å²) in [5, 5.41) is 2.76. The third-order valence-corrected chi connectivity index (χ3v) is 2.18. The van der Waals surface area contributed by atoms with E-state index >= 15 is 0 Å². The van der Waals surface area contributed by atoms with Crippen molar-refractivity contribution in [3.8, 4) is 0 Å². The van der Waals surface area contributed by atoms with Gasteiger partial charge in [-0.1, -0.05) is 13.8 Å². The molecule has 0 spiro atoms. The van der Waals surface area contributed by atoms with Crippen molar-refractivity contribution in [2.45, 2.75) is 26.8 Å². The van der Waals surface area contributed by atoms with E-state index in [1.54, 1.807) is 0 Å². The number of H-pyrrole nitrogens is 1. The third kappa shape index (κ3) is 4.67. The minimum Gasteiger partial charge on any atom is -0.356 e. The number of amides is 1. The first-order valence-corrected chi connectivity index (χ1v) is 5.55. The van der Waals surface area contributed by atoms with Crippen molar-refractivity contribution in [1.29, 1.82) is 0 Å². The number of aromatic amines is 1. The molecule has 1 aromatic rings. The quantitative estimate of drug-likeness (QED) is 0.739. The number of rotatable bonds is 5. The highest BCUT2D eigenvalue weighted by molar-refractivity contribution is 5.75. The number of nitrogens with one attached hydrogen (secondary N) is 2. The van der Waals surface area contributed by atoms with Gasteiger partial charge in [-0.2, -0.15) is 0 Å². The predicted octanol–water partition coefficient (Wildman–Crippen LogP) is -0.301. The van der Waals surface area contributed by atoms with Crippen LogP contribution in [0.2, 0.25) is 0 Å². The SMILES string of the molecule is CC(C)CNC(=O)CCn1ccc(=O)[nH]c1=O. The molecule has 6 heteroatoms. The van der Waals surface area contributed by atoms with Crippen molar-refractivity contribution in [3.05, 3.63) is 33.1 Å². The molecule has 94 valence electrons. The van der Waals surface area contributed by atoms with Crippen molar-refractivity contribution < 1.29 is 4.79 Å². The Kier molecular flexibility index (Phi) is 4.68. The standard InChI is InChI=1S/C11H17N3O3/c1-8(2)7-12-9(15)3-5-14-6-4-10(16)13-11(14)17/h4,6,8H,3,5,7H2,1-2H3,(H,12,15)(H,13,16,17). The summed E-state index contributed by atoms with van der Waals surface area (Å²) in [6.07, 6.45) is 1.61. The fraction of sp³-hybridized carbons (Fsp3) is 0.545. The fourth-order valence-corrected chi connectivity index (χ4v) is 1.25. The van der Waals surface area contributed by atoms with E-state index in [1.165, 1.54) is 16.8 Å². The van der Waals surface area contributed by atoms with Gasteiger partial charge in [-0.25, -0.2) is 4.79 Å². The van der Waals surface area contributed by atoms with Crippen LogP contribution in [0.5, 0.6) is 0 Å². The number of carbonyl (C=O) groups excluding carboxylic acids is 1. The molecule has 17 heavy (non-hydrogen) atoms. The van der Waals surface area contributed by atoms with Crippen LogP contribution in [0.4, 0.5) is 0 Å². The van der Waals surface area contributed by atoms with Crippen LogP contribution < -0.4 is 16.6 Å². The molecule has 0 atom stereocenters. The fourth-order valence-electron chi connectivity index (χ4n) is 1.25. The molecule has 2 N–H and O–H groups in total. The number of hydrogen-bond donors (Lipinski definition) is 2. The molecular formula is C11H17N3O3. The second-order valence-corrected chi connectivity index (χ2v) is 4.25. The van der Waals surface area contributed by atoms with Gasteiger partial charge in [0.1, 0.15) is 0 Å². The van der Waals surface area contributed by atoms with Gasteiger partial charge in [0, 0.05) is 31.8 Å². The Hall–Kier alpha value is -1.85. The summed E-state index contributed by atoms with van der Waals surface area (Å²) < 4.78 is 1.30. The van der Waals surface area contributed by atoms with Crippen LogP contribution in [-0.4, -0.2) is 22.0 Å². The van der Waals surface area contributed by atoms with Gasteiger partial charge in [0.15, 0.2) is 0 Å². The molecule has 0 aliphatic rings. The topological polar surface area (TPSA) is 84.0 Å². The zero-order chi connectivity index (χ0) is 12.8. The molecule has 1 amide bonds. The van der Waals surface area contributed by atoms with Gasteiger partial charge in [0.05, 0.1) is 0 Å². The molecule has 0 aromatic carbocycles. The van der Waals surface area contributed by atoms with Gasteiger partial charge in [-0.3, -0.25) is 14.6 Å². The minimum atomic E-state index is -0.492. The maximum absolute atomic E-state index is 11.4. The highest BCUT2D eigenvalue weighted by Crippen LogP contribution is 1.90. The van der Waals surface area contributed by atoms with Gasteiger partial charge < -0.3 is 9.88 Å². The van der Waals surface area contributed by atoms with E-state index < -0.39 is 11.2 Å². The van der Waals surface area contributed by atoms with Crippen LogP contribution in [0.1, 0.15) is 20.3 Å². The summed E-state index contributed by atoms with van der Waals surface area (Å²) in [5.74, 6) is 0.298. The molecule has 0 radical (unpaired) electrons. The summed E-state index contributed by atoms with van der Waals surface area (Å²) >= 11 is 0. The molecule has 0 saturated carbocycles. The van der Waals surface area contributed by atoms with E-state index in [2.05, 4.69) is 10.3 Å². The van der Waals surface area contributed by atoms with Crippen molar-refractivity contribution in [2.24, 2.45) is 5.92 Å². The van der Waals surface area contributed by atoms with Gasteiger partial charge in [-0.15, -0.1) is 0 Å². The number of nitrogens with zero attached hydrogens (tertiary/aromatic N) is 1. The lowest BCUT2D eigenvalue weighted by Gasteiger charge is -2.08. The monoisotopic (exact) mass is 239 g/mol. The summed E-state index contributed by atoms with van der Waals surface area (Å²) in [5.41, 5.74) is -0.926. The smallest absolute Gasteiger partial charge is 0.328 e. The zero-order valence-electron chi connectivity index (χ0n) is 10.0. The van der Waals surface area contributed by atoms with E-state index in [1.807, 2.05) is 13.8 Å². The second kappa shape index (κ2) is 6.03. The Morgan fingerprint density at radius 3 is 2.76 bits per heavy atom. The average molecular weight is 239 g/mol. The Morgan fingerprint density at radius 1 is 1.47 bits per heavy atom. The van der Waals surface area contributed by atoms with Crippen LogP contribution >= 0.6 is 0 Å². The van der Waals surface area contributed by atoms with Gasteiger partial charge in [0.2, 0.25) is 5.91 Å². The summed E-state index contributed by atoms with van der Waals surface area (Å²) in [6, 6.07) is 1.26. The second-order valence-electron chi connectivity index (χ2n) is 4.25. The van der Waals surface area contributed by atoms with E-state index in [9.17, 15) is 14.4 Å². The highest BCUT2D eigenvalue weighted by Gasteiger charge is 2.03. The van der Waals surface area contributed by atoms with Crippen LogP contribution in [-0.2, 0) is 11.3 Å². The molecule has 6 nitrogen and oxygen atoms in total. The number of aryl methyl sites for hydroxylation is 1. The van der Waals surface area contributed by atoms with Gasteiger partial charge in [-0.05, 0) is 5.92 Å². The first-order chi connectivity index (χ1) is 7.99. The molecule has 0 bridgehead atoms. The summed E-state index contributed by atoms with van der Waals surface area (Å²) in [6.45, 7) is 4.90. The first-order valence-electron chi connectivity index (χ1n) is 5.55. The summed E-state index contributed by atoms with van der Waals surface area (Å²) in [7, 11) is 0. The largest absolute Gasteiger partial charge is 0.356 e. The molecule has 0 aliphatic heterocycles. The molecule has 1 rings (SSSR count). The first kappa shape index (κ1) is 13.2. The Bertz CT molecular complexity index is 487. The average Bonchev–Trinajstić information content (AvgIpc) is 2.25. The molecule has 0 aliphatic carbocycles. The number of carbonyl (C=O) groups is 1. The number of hydrogen-bond acceptors (Lipinski definition) is 3. The van der Waals surface area contributed by atoms with Crippen molar-refractivity contribution in [3.63, 3.8) is 0 Å².